The monoisotopic (exact) mass is 312 g/mol. The first-order chi connectivity index (χ1) is 11.1. The summed E-state index contributed by atoms with van der Waals surface area (Å²) in [5.41, 5.74) is -0.0930. The Labute approximate surface area is 133 Å². The summed E-state index contributed by atoms with van der Waals surface area (Å²) >= 11 is 0. The van der Waals surface area contributed by atoms with Crippen molar-refractivity contribution in [3.05, 3.63) is 75.8 Å². The molecule has 1 saturated heterocycles. The lowest BCUT2D eigenvalue weighted by atomic mass is 9.80. The molecule has 0 amide bonds. The number of ether oxygens (including phenoxy) is 1. The minimum atomic E-state index is -1.65. The summed E-state index contributed by atoms with van der Waals surface area (Å²) in [5.74, 6) is 0.292. The van der Waals surface area contributed by atoms with Gasteiger partial charge in [0, 0.05) is 24.7 Å². The number of fused-ring (bicyclic) bond motifs is 3. The number of hydrogen-bond donors (Lipinski definition) is 0. The van der Waals surface area contributed by atoms with E-state index in [2.05, 4.69) is 0 Å². The molecule has 0 unspecified atom stereocenters. The zero-order valence-corrected chi connectivity index (χ0v) is 12.6. The predicted octanol–water partition coefficient (Wildman–Crippen LogP) is 2.75. The van der Waals surface area contributed by atoms with Gasteiger partial charge in [0.05, 0.1) is 4.92 Å². The highest BCUT2D eigenvalue weighted by Crippen LogP contribution is 2.54. The van der Waals surface area contributed by atoms with E-state index in [4.69, 9.17) is 9.57 Å². The van der Waals surface area contributed by atoms with E-state index < -0.39 is 17.7 Å². The smallest absolute Gasteiger partial charge is 0.389 e. The van der Waals surface area contributed by atoms with Crippen LogP contribution in [0.5, 0.6) is 5.75 Å². The van der Waals surface area contributed by atoms with E-state index in [1.807, 2.05) is 54.6 Å². The van der Waals surface area contributed by atoms with E-state index in [9.17, 15) is 10.1 Å². The Kier molecular flexibility index (Phi) is 3.11. The largest absolute Gasteiger partial charge is 0.475 e. The van der Waals surface area contributed by atoms with Crippen LogP contribution in [0.1, 0.15) is 23.1 Å². The first-order valence-electron chi connectivity index (χ1n) is 7.48. The molecule has 0 N–H and O–H groups in total. The molecule has 0 bridgehead atoms. The topological polar surface area (TPSA) is 64.8 Å². The molecule has 6 heteroatoms. The van der Waals surface area contributed by atoms with Crippen molar-refractivity contribution in [2.45, 2.75) is 17.7 Å². The van der Waals surface area contributed by atoms with Gasteiger partial charge in [0.15, 0.2) is 0 Å². The lowest BCUT2D eigenvalue weighted by molar-refractivity contribution is -0.655. The number of likely N-dealkylation sites (N-methyl/N-ethyl adjacent to an activating group) is 1. The van der Waals surface area contributed by atoms with Gasteiger partial charge < -0.3 is 4.74 Å². The number of nitro groups is 1. The van der Waals surface area contributed by atoms with Gasteiger partial charge in [-0.1, -0.05) is 48.5 Å². The van der Waals surface area contributed by atoms with Gasteiger partial charge in [0.1, 0.15) is 11.7 Å². The molecule has 0 aromatic heterocycles. The molecule has 0 saturated carbocycles. The molecule has 2 aliphatic heterocycles. The summed E-state index contributed by atoms with van der Waals surface area (Å²) in [6, 6.07) is 16.7. The second-order valence-electron chi connectivity index (χ2n) is 5.91. The molecule has 2 aromatic rings. The van der Waals surface area contributed by atoms with Crippen molar-refractivity contribution in [2.75, 3.05) is 13.6 Å². The summed E-state index contributed by atoms with van der Waals surface area (Å²) in [6.45, 7) is 0.449. The molecule has 2 heterocycles. The van der Waals surface area contributed by atoms with Crippen molar-refractivity contribution in [2.24, 2.45) is 0 Å². The number of nitrogens with zero attached hydrogens (tertiary/aromatic N) is 2. The fraction of sp³-hybridized carbons (Fsp3) is 0.294. The Morgan fingerprint density at radius 2 is 1.87 bits per heavy atom. The molecule has 6 nitrogen and oxygen atoms in total. The Bertz CT molecular complexity index is 751. The Morgan fingerprint density at radius 3 is 2.61 bits per heavy atom. The van der Waals surface area contributed by atoms with Gasteiger partial charge in [-0.15, -0.1) is 0 Å². The fourth-order valence-corrected chi connectivity index (χ4v) is 3.57. The van der Waals surface area contributed by atoms with Crippen LogP contribution in [0, 0.1) is 10.1 Å². The molecule has 23 heavy (non-hydrogen) atoms. The van der Waals surface area contributed by atoms with Crippen LogP contribution in [-0.4, -0.2) is 29.3 Å². The third kappa shape index (κ3) is 1.95. The highest BCUT2D eigenvalue weighted by molar-refractivity contribution is 5.43. The second kappa shape index (κ2) is 5.04. The minimum absolute atomic E-state index is 0.339. The molecule has 2 aromatic carbocycles. The molecule has 4 rings (SSSR count). The molecular formula is C17H16N2O4. The molecule has 1 fully saturated rings. The minimum Gasteiger partial charge on any atom is -0.475 e. The van der Waals surface area contributed by atoms with Crippen molar-refractivity contribution in [3.63, 3.8) is 0 Å². The maximum Gasteiger partial charge on any atom is 0.389 e. The number of hydrogen-bond acceptors (Lipinski definition) is 5. The summed E-state index contributed by atoms with van der Waals surface area (Å²) in [7, 11) is 1.72. The molecule has 118 valence electrons. The van der Waals surface area contributed by atoms with Gasteiger partial charge in [0.25, 0.3) is 0 Å². The van der Waals surface area contributed by atoms with Gasteiger partial charge in [-0.05, 0) is 6.07 Å². The summed E-state index contributed by atoms with van der Waals surface area (Å²) in [6.07, 6.45) is -0.802. The number of benzene rings is 2. The zero-order valence-electron chi connectivity index (χ0n) is 12.6. The van der Waals surface area contributed by atoms with Gasteiger partial charge in [-0.25, -0.2) is 4.84 Å². The first kappa shape index (κ1) is 14.2. The lowest BCUT2D eigenvalue weighted by Crippen LogP contribution is -2.53. The van der Waals surface area contributed by atoms with Crippen LogP contribution >= 0.6 is 0 Å². The van der Waals surface area contributed by atoms with Crippen LogP contribution in [-0.2, 0) is 4.84 Å². The highest BCUT2D eigenvalue weighted by Gasteiger charge is 2.68. The average Bonchev–Trinajstić information content (AvgIpc) is 2.93. The van der Waals surface area contributed by atoms with Crippen molar-refractivity contribution >= 4 is 0 Å². The van der Waals surface area contributed by atoms with Crippen LogP contribution in [0.15, 0.2) is 54.6 Å². The number of para-hydroxylation sites is 1. The maximum atomic E-state index is 12.1. The normalized spacial score (nSPS) is 29.4. The molecule has 0 aliphatic carbocycles. The highest BCUT2D eigenvalue weighted by atomic mass is 16.8. The van der Waals surface area contributed by atoms with Crippen LogP contribution in [0.25, 0.3) is 0 Å². The van der Waals surface area contributed by atoms with Crippen molar-refractivity contribution in [3.8, 4) is 5.75 Å². The predicted molar refractivity (Wildman–Crippen MR) is 82.4 cm³/mol. The fourth-order valence-electron chi connectivity index (χ4n) is 3.57. The van der Waals surface area contributed by atoms with Crippen molar-refractivity contribution < 1.29 is 14.5 Å². The quantitative estimate of drug-likeness (QED) is 0.630. The van der Waals surface area contributed by atoms with Crippen molar-refractivity contribution in [1.82, 2.24) is 5.06 Å². The Balaban J connectivity index is 1.93. The van der Waals surface area contributed by atoms with E-state index in [1.54, 1.807) is 7.05 Å². The SMILES string of the molecule is CN1C[C@H]2c3ccccc3O[C@H](c3ccccc3)[C@]2([N+](=O)[O-])O1. The summed E-state index contributed by atoms with van der Waals surface area (Å²) in [5, 5.41) is 13.6. The molecule has 0 radical (unpaired) electrons. The van der Waals surface area contributed by atoms with E-state index in [0.29, 0.717) is 12.3 Å². The van der Waals surface area contributed by atoms with Crippen molar-refractivity contribution in [1.29, 1.82) is 0 Å². The number of hydroxylamine groups is 2. The van der Waals surface area contributed by atoms with Gasteiger partial charge in [0.2, 0.25) is 6.10 Å². The van der Waals surface area contributed by atoms with Gasteiger partial charge in [-0.2, -0.15) is 5.06 Å². The summed E-state index contributed by atoms with van der Waals surface area (Å²) in [4.78, 5) is 17.5. The molecule has 2 aliphatic rings. The van der Waals surface area contributed by atoms with E-state index in [1.165, 1.54) is 5.06 Å². The number of rotatable bonds is 2. The molecule has 0 spiro atoms. The van der Waals surface area contributed by atoms with Crippen LogP contribution in [0.4, 0.5) is 0 Å². The zero-order chi connectivity index (χ0) is 16.0. The lowest BCUT2D eigenvalue weighted by Gasteiger charge is -2.37. The Morgan fingerprint density at radius 1 is 1.17 bits per heavy atom. The first-order valence-corrected chi connectivity index (χ1v) is 7.48. The van der Waals surface area contributed by atoms with E-state index in [-0.39, 0.29) is 4.92 Å². The van der Waals surface area contributed by atoms with Gasteiger partial charge in [-0.3, -0.25) is 10.1 Å². The second-order valence-corrected chi connectivity index (χ2v) is 5.91. The van der Waals surface area contributed by atoms with E-state index >= 15 is 0 Å². The summed E-state index contributed by atoms with van der Waals surface area (Å²) < 4.78 is 6.05. The van der Waals surface area contributed by atoms with Gasteiger partial charge >= 0.3 is 5.72 Å². The van der Waals surface area contributed by atoms with Crippen LogP contribution < -0.4 is 4.74 Å². The van der Waals surface area contributed by atoms with Crippen LogP contribution in [0.2, 0.25) is 0 Å². The average molecular weight is 312 g/mol. The Hall–Kier alpha value is -2.44. The molecule has 3 atom stereocenters. The van der Waals surface area contributed by atoms with Crippen LogP contribution in [0.3, 0.4) is 0 Å². The molecular weight excluding hydrogens is 296 g/mol. The van der Waals surface area contributed by atoms with E-state index in [0.717, 1.165) is 11.1 Å². The maximum absolute atomic E-state index is 12.1. The standard InChI is InChI=1S/C17H16N2O4/c1-18-11-14-13-9-5-6-10-15(13)22-16(12-7-3-2-4-8-12)17(14,23-18)19(20)21/h2-10,14,16H,11H2,1H3/t14-,16+,17+/m0/s1. The third-order valence-corrected chi connectivity index (χ3v) is 4.54. The third-order valence-electron chi connectivity index (χ3n) is 4.54.